The predicted octanol–water partition coefficient (Wildman–Crippen LogP) is 7.00. The van der Waals surface area contributed by atoms with Gasteiger partial charge in [0.1, 0.15) is 11.5 Å². The van der Waals surface area contributed by atoms with Gasteiger partial charge in [0.15, 0.2) is 0 Å². The average molecular weight is 514 g/mol. The molecule has 1 saturated heterocycles. The lowest BCUT2D eigenvalue weighted by Gasteiger charge is -2.34. The van der Waals surface area contributed by atoms with Crippen molar-refractivity contribution in [2.45, 2.75) is 0 Å². The molecular weight excluding hydrogens is 485 g/mol. The molecule has 1 aliphatic rings. The lowest BCUT2D eigenvalue weighted by atomic mass is 9.99. The van der Waals surface area contributed by atoms with Gasteiger partial charge in [-0.2, -0.15) is 0 Å². The molecule has 39 heavy (non-hydrogen) atoms. The quantitative estimate of drug-likeness (QED) is 0.276. The molecule has 1 fully saturated rings. The Bertz CT molecular complexity index is 1760. The van der Waals surface area contributed by atoms with E-state index in [9.17, 15) is 4.39 Å². The van der Waals surface area contributed by atoms with Crippen LogP contribution in [-0.4, -0.2) is 53.1 Å². The van der Waals surface area contributed by atoms with Crippen molar-refractivity contribution in [3.63, 3.8) is 0 Å². The van der Waals surface area contributed by atoms with Crippen LogP contribution in [0.15, 0.2) is 97.3 Å². The first kappa shape index (κ1) is 23.6. The number of pyridine rings is 2. The summed E-state index contributed by atoms with van der Waals surface area (Å²) in [4.78, 5) is 17.6. The fourth-order valence-corrected chi connectivity index (χ4v) is 5.51. The number of hydrogen-bond acceptors (Lipinski definition) is 4. The smallest absolute Gasteiger partial charge is 0.138 e. The van der Waals surface area contributed by atoms with Gasteiger partial charge in [-0.1, -0.05) is 24.3 Å². The summed E-state index contributed by atoms with van der Waals surface area (Å²) in [6.45, 7) is 4.32. The Balaban J connectivity index is 1.24. The molecule has 4 heterocycles. The van der Waals surface area contributed by atoms with Crippen LogP contribution < -0.4 is 4.90 Å². The molecular formula is C33H28FN5. The van der Waals surface area contributed by atoms with E-state index in [0.717, 1.165) is 70.5 Å². The van der Waals surface area contributed by atoms with Crippen molar-refractivity contribution in [1.82, 2.24) is 19.9 Å². The second-order valence-electron chi connectivity index (χ2n) is 10.2. The maximum Gasteiger partial charge on any atom is 0.138 e. The fourth-order valence-electron chi connectivity index (χ4n) is 5.51. The van der Waals surface area contributed by atoms with Gasteiger partial charge in [0.05, 0.1) is 5.69 Å². The molecule has 1 N–H and O–H groups in total. The summed E-state index contributed by atoms with van der Waals surface area (Å²) in [5.41, 5.74) is 9.34. The molecule has 6 heteroatoms. The molecule has 0 unspecified atom stereocenters. The molecule has 5 nitrogen and oxygen atoms in total. The first-order valence-corrected chi connectivity index (χ1v) is 13.3. The second-order valence-corrected chi connectivity index (χ2v) is 10.2. The number of piperazine rings is 1. The zero-order chi connectivity index (χ0) is 26.3. The summed E-state index contributed by atoms with van der Waals surface area (Å²) in [7, 11) is 2.18. The predicted molar refractivity (Wildman–Crippen MR) is 157 cm³/mol. The van der Waals surface area contributed by atoms with E-state index in [-0.39, 0.29) is 5.82 Å². The van der Waals surface area contributed by atoms with Crippen LogP contribution in [0.25, 0.3) is 55.4 Å². The number of nitrogens with zero attached hydrogens (tertiary/aromatic N) is 4. The molecule has 0 radical (unpaired) electrons. The zero-order valence-corrected chi connectivity index (χ0v) is 21.7. The van der Waals surface area contributed by atoms with Crippen LogP contribution in [0.3, 0.4) is 0 Å². The Labute approximate surface area is 226 Å². The van der Waals surface area contributed by atoms with Gasteiger partial charge >= 0.3 is 0 Å². The third-order valence-electron chi connectivity index (χ3n) is 7.78. The average Bonchev–Trinajstić information content (AvgIpc) is 3.36. The lowest BCUT2D eigenvalue weighted by Crippen LogP contribution is -2.44. The molecule has 0 aliphatic carbocycles. The highest BCUT2D eigenvalue weighted by Gasteiger charge is 2.16. The third-order valence-corrected chi connectivity index (χ3v) is 7.78. The van der Waals surface area contributed by atoms with Gasteiger partial charge in [-0.15, -0.1) is 0 Å². The van der Waals surface area contributed by atoms with Crippen LogP contribution in [0.4, 0.5) is 10.1 Å². The number of fused-ring (bicyclic) bond motifs is 3. The summed E-state index contributed by atoms with van der Waals surface area (Å²) in [6.07, 6.45) is 3.71. The number of rotatable bonds is 4. The van der Waals surface area contributed by atoms with Gasteiger partial charge in [0.2, 0.25) is 0 Å². The zero-order valence-electron chi connectivity index (χ0n) is 21.7. The number of hydrogen-bond donors (Lipinski definition) is 1. The number of nitrogens with one attached hydrogen (secondary N) is 1. The highest BCUT2D eigenvalue weighted by atomic mass is 19.1. The largest absolute Gasteiger partial charge is 0.369 e. The number of H-pyrrole nitrogens is 1. The number of benzene rings is 3. The number of likely N-dealkylation sites (N-methyl/N-ethyl adjacent to an activating group) is 1. The Morgan fingerprint density at radius 2 is 1.44 bits per heavy atom. The van der Waals surface area contributed by atoms with Crippen molar-refractivity contribution in [1.29, 1.82) is 0 Å². The number of anilines is 1. The monoisotopic (exact) mass is 513 g/mol. The van der Waals surface area contributed by atoms with Gasteiger partial charge in [-0.05, 0) is 84.4 Å². The molecule has 0 bridgehead atoms. The second kappa shape index (κ2) is 9.64. The van der Waals surface area contributed by atoms with Gasteiger partial charge < -0.3 is 14.8 Å². The van der Waals surface area contributed by atoms with E-state index in [1.54, 1.807) is 12.1 Å². The Morgan fingerprint density at radius 1 is 0.718 bits per heavy atom. The van der Waals surface area contributed by atoms with Crippen molar-refractivity contribution in [3.05, 3.63) is 103 Å². The molecule has 6 aromatic rings. The van der Waals surface area contributed by atoms with E-state index in [4.69, 9.17) is 0 Å². The van der Waals surface area contributed by atoms with Crippen molar-refractivity contribution >= 4 is 27.6 Å². The summed E-state index contributed by atoms with van der Waals surface area (Å²) < 4.78 is 13.3. The van der Waals surface area contributed by atoms with Crippen molar-refractivity contribution in [2.75, 3.05) is 38.1 Å². The van der Waals surface area contributed by atoms with Gasteiger partial charge in [0, 0.05) is 71.7 Å². The SMILES string of the molecule is CN1CCN(c2ccc(-c3ccc4[nH]c5nccc(-c6ccc(-c7ccc(F)cc7)nc6)c5c4c3)cc2)CC1. The molecule has 7 rings (SSSR count). The maximum absolute atomic E-state index is 13.3. The van der Waals surface area contributed by atoms with Crippen molar-refractivity contribution in [2.24, 2.45) is 0 Å². The van der Waals surface area contributed by atoms with E-state index >= 15 is 0 Å². The first-order chi connectivity index (χ1) is 19.1. The minimum atomic E-state index is -0.251. The van der Waals surface area contributed by atoms with Crippen LogP contribution in [0.5, 0.6) is 0 Å². The normalized spacial score (nSPS) is 14.4. The van der Waals surface area contributed by atoms with E-state index in [1.807, 2.05) is 24.5 Å². The van der Waals surface area contributed by atoms with Crippen LogP contribution in [0.1, 0.15) is 0 Å². The molecule has 0 atom stereocenters. The molecule has 3 aromatic heterocycles. The van der Waals surface area contributed by atoms with E-state index < -0.39 is 0 Å². The molecule has 192 valence electrons. The van der Waals surface area contributed by atoms with Crippen molar-refractivity contribution < 1.29 is 4.39 Å². The van der Waals surface area contributed by atoms with Crippen LogP contribution >= 0.6 is 0 Å². The van der Waals surface area contributed by atoms with E-state index in [2.05, 4.69) is 80.3 Å². The molecule has 1 aliphatic heterocycles. The highest BCUT2D eigenvalue weighted by Crippen LogP contribution is 2.36. The highest BCUT2D eigenvalue weighted by molar-refractivity contribution is 6.13. The molecule has 3 aromatic carbocycles. The molecule has 0 saturated carbocycles. The summed E-state index contributed by atoms with van der Waals surface area (Å²) in [5, 5.41) is 2.22. The van der Waals surface area contributed by atoms with Crippen LogP contribution in [0, 0.1) is 5.82 Å². The summed E-state index contributed by atoms with van der Waals surface area (Å²) in [5.74, 6) is -0.251. The van der Waals surface area contributed by atoms with Gasteiger partial charge in [-0.25, -0.2) is 9.37 Å². The standard InChI is InChI=1S/C33H28FN5/c1-38-16-18-39(19-17-38)27-10-4-22(5-11-27)24-6-13-31-29(20-24)32-28(14-15-35-33(32)37-31)25-7-12-30(36-21-25)23-2-8-26(34)9-3-23/h2-15,20-21H,16-19H2,1H3,(H,35,37). The number of aromatic nitrogens is 3. The summed E-state index contributed by atoms with van der Waals surface area (Å²) >= 11 is 0. The van der Waals surface area contributed by atoms with Crippen LogP contribution in [0.2, 0.25) is 0 Å². The van der Waals surface area contributed by atoms with Crippen LogP contribution in [-0.2, 0) is 0 Å². The molecule has 0 amide bonds. The Hall–Kier alpha value is -4.55. The van der Waals surface area contributed by atoms with Gasteiger partial charge in [0.25, 0.3) is 0 Å². The van der Waals surface area contributed by atoms with E-state index in [0.29, 0.717) is 0 Å². The maximum atomic E-state index is 13.3. The third kappa shape index (κ3) is 4.43. The Kier molecular flexibility index (Phi) is 5.82. The minimum absolute atomic E-state index is 0.251. The fraction of sp³-hybridized carbons (Fsp3) is 0.152. The topological polar surface area (TPSA) is 48.0 Å². The number of aromatic amines is 1. The summed E-state index contributed by atoms with van der Waals surface area (Å²) in [6, 6.07) is 28.0. The first-order valence-electron chi connectivity index (χ1n) is 13.3. The van der Waals surface area contributed by atoms with Crippen molar-refractivity contribution in [3.8, 4) is 33.5 Å². The molecule has 0 spiro atoms. The van der Waals surface area contributed by atoms with Gasteiger partial charge in [-0.3, -0.25) is 4.98 Å². The Morgan fingerprint density at radius 3 is 2.18 bits per heavy atom. The van der Waals surface area contributed by atoms with E-state index in [1.165, 1.54) is 28.9 Å². The number of halogens is 1. The lowest BCUT2D eigenvalue weighted by molar-refractivity contribution is 0.313. The minimum Gasteiger partial charge on any atom is -0.369 e.